The van der Waals surface area contributed by atoms with Crippen molar-refractivity contribution in [2.75, 3.05) is 24.7 Å². The second-order valence-electron chi connectivity index (χ2n) is 2.18. The van der Waals surface area contributed by atoms with E-state index >= 15 is 0 Å². The Kier molecular flexibility index (Phi) is 2.57. The normalized spacial score (nSPS) is 9.17. The number of nitrogens with one attached hydrogen (secondary N) is 2. The van der Waals surface area contributed by atoms with Crippen molar-refractivity contribution in [3.63, 3.8) is 0 Å². The van der Waals surface area contributed by atoms with E-state index in [-0.39, 0.29) is 0 Å². The molecule has 0 amide bonds. The Labute approximate surface area is 70.2 Å². The molecule has 64 valence electrons. The molecule has 0 aliphatic rings. The highest BCUT2D eigenvalue weighted by Crippen LogP contribution is 2.24. The fraction of sp³-hybridized carbons (Fsp3) is 0.286. The second kappa shape index (κ2) is 3.66. The topological polar surface area (TPSA) is 66.4 Å². The molecule has 0 saturated carbocycles. The zero-order valence-corrected chi connectivity index (χ0v) is 6.96. The SMILES string of the molecule is CNc1cc(NC)c(N=O)cn1. The molecule has 1 aromatic heterocycles. The number of aromatic nitrogens is 1. The van der Waals surface area contributed by atoms with Crippen LogP contribution < -0.4 is 10.6 Å². The van der Waals surface area contributed by atoms with Crippen LogP contribution in [0.4, 0.5) is 17.2 Å². The molecule has 12 heavy (non-hydrogen) atoms. The van der Waals surface area contributed by atoms with Crippen molar-refractivity contribution in [2.45, 2.75) is 0 Å². The molecule has 5 heteroatoms. The van der Waals surface area contributed by atoms with Gasteiger partial charge in [-0.3, -0.25) is 0 Å². The number of anilines is 2. The lowest BCUT2D eigenvalue weighted by Gasteiger charge is -2.04. The average Bonchev–Trinajstić information content (AvgIpc) is 2.16. The van der Waals surface area contributed by atoms with Gasteiger partial charge in [0.2, 0.25) is 0 Å². The molecule has 1 rings (SSSR count). The van der Waals surface area contributed by atoms with Crippen LogP contribution in [0.3, 0.4) is 0 Å². The van der Waals surface area contributed by atoms with Gasteiger partial charge in [0.05, 0.1) is 11.9 Å². The Morgan fingerprint density at radius 3 is 2.67 bits per heavy atom. The third-order valence-electron chi connectivity index (χ3n) is 1.51. The van der Waals surface area contributed by atoms with Crippen molar-refractivity contribution in [1.29, 1.82) is 0 Å². The van der Waals surface area contributed by atoms with Crippen LogP contribution in [0.25, 0.3) is 0 Å². The van der Waals surface area contributed by atoms with Gasteiger partial charge in [-0.1, -0.05) is 0 Å². The molecule has 0 aromatic carbocycles. The lowest BCUT2D eigenvalue weighted by molar-refractivity contribution is 1.26. The van der Waals surface area contributed by atoms with Gasteiger partial charge in [-0.2, -0.15) is 0 Å². The average molecular weight is 166 g/mol. The number of nitrogens with zero attached hydrogens (tertiary/aromatic N) is 2. The maximum absolute atomic E-state index is 10.2. The highest BCUT2D eigenvalue weighted by molar-refractivity contribution is 5.67. The molecule has 0 aliphatic heterocycles. The minimum atomic E-state index is 0.316. The molecule has 1 aromatic rings. The number of nitroso groups, excluding NO2 is 1. The Morgan fingerprint density at radius 1 is 1.42 bits per heavy atom. The molecule has 0 bridgehead atoms. The summed E-state index contributed by atoms with van der Waals surface area (Å²) < 4.78 is 0. The van der Waals surface area contributed by atoms with E-state index in [1.54, 1.807) is 20.2 Å². The summed E-state index contributed by atoms with van der Waals surface area (Å²) in [5.74, 6) is 0.701. The lowest BCUT2D eigenvalue weighted by atomic mass is 10.3. The summed E-state index contributed by atoms with van der Waals surface area (Å²) >= 11 is 0. The first kappa shape index (κ1) is 8.45. The van der Waals surface area contributed by atoms with E-state index in [4.69, 9.17) is 0 Å². The first-order valence-corrected chi connectivity index (χ1v) is 3.50. The molecule has 5 nitrogen and oxygen atoms in total. The fourth-order valence-corrected chi connectivity index (χ4v) is 0.858. The van der Waals surface area contributed by atoms with E-state index in [1.165, 1.54) is 6.20 Å². The van der Waals surface area contributed by atoms with Crippen LogP contribution in [0.1, 0.15) is 0 Å². The fourth-order valence-electron chi connectivity index (χ4n) is 0.858. The van der Waals surface area contributed by atoms with Crippen molar-refractivity contribution in [3.8, 4) is 0 Å². The first-order chi connectivity index (χ1) is 5.81. The van der Waals surface area contributed by atoms with E-state index in [2.05, 4.69) is 20.8 Å². The van der Waals surface area contributed by atoms with Crippen molar-refractivity contribution in [2.24, 2.45) is 5.18 Å². The van der Waals surface area contributed by atoms with Crippen LogP contribution in [0, 0.1) is 4.91 Å². The van der Waals surface area contributed by atoms with Gasteiger partial charge in [0.1, 0.15) is 11.5 Å². The predicted octanol–water partition coefficient (Wildman–Crippen LogP) is 1.56. The molecule has 1 heterocycles. The van der Waals surface area contributed by atoms with E-state index in [1.807, 2.05) is 0 Å². The van der Waals surface area contributed by atoms with Crippen LogP contribution in [0.2, 0.25) is 0 Å². The van der Waals surface area contributed by atoms with Crippen LogP contribution in [0.5, 0.6) is 0 Å². The van der Waals surface area contributed by atoms with Crippen molar-refractivity contribution < 1.29 is 0 Å². The van der Waals surface area contributed by atoms with Gasteiger partial charge in [-0.25, -0.2) is 4.98 Å². The maximum Gasteiger partial charge on any atom is 0.149 e. The predicted molar refractivity (Wildman–Crippen MR) is 48.8 cm³/mol. The summed E-state index contributed by atoms with van der Waals surface area (Å²) in [6.45, 7) is 0. The summed E-state index contributed by atoms with van der Waals surface area (Å²) in [5, 5.41) is 8.52. The lowest BCUT2D eigenvalue weighted by Crippen LogP contribution is -1.95. The Balaban J connectivity index is 3.10. The van der Waals surface area contributed by atoms with Crippen LogP contribution in [-0.2, 0) is 0 Å². The Bertz CT molecular complexity index is 287. The zero-order chi connectivity index (χ0) is 8.97. The molecule has 0 atom stereocenters. The third kappa shape index (κ3) is 1.50. The van der Waals surface area contributed by atoms with Crippen molar-refractivity contribution >= 4 is 17.2 Å². The Hall–Kier alpha value is -1.65. The minimum Gasteiger partial charge on any atom is -0.386 e. The first-order valence-electron chi connectivity index (χ1n) is 3.50. The summed E-state index contributed by atoms with van der Waals surface area (Å²) in [6, 6.07) is 1.72. The van der Waals surface area contributed by atoms with Gasteiger partial charge < -0.3 is 10.6 Å². The molecule has 0 saturated heterocycles. The van der Waals surface area contributed by atoms with Crippen LogP contribution in [-0.4, -0.2) is 19.1 Å². The van der Waals surface area contributed by atoms with E-state index in [0.717, 1.165) is 0 Å². The number of pyridine rings is 1. The van der Waals surface area contributed by atoms with Gasteiger partial charge in [0.25, 0.3) is 0 Å². The largest absolute Gasteiger partial charge is 0.386 e. The number of hydrogen-bond donors (Lipinski definition) is 2. The van der Waals surface area contributed by atoms with Crippen LogP contribution >= 0.6 is 0 Å². The molecule has 0 spiro atoms. The smallest absolute Gasteiger partial charge is 0.149 e. The maximum atomic E-state index is 10.2. The van der Waals surface area contributed by atoms with Gasteiger partial charge in [0, 0.05) is 20.2 Å². The summed E-state index contributed by atoms with van der Waals surface area (Å²) in [4.78, 5) is 14.2. The van der Waals surface area contributed by atoms with Crippen LogP contribution in [0.15, 0.2) is 17.4 Å². The van der Waals surface area contributed by atoms with Crippen molar-refractivity contribution in [1.82, 2.24) is 4.98 Å². The van der Waals surface area contributed by atoms with E-state index < -0.39 is 0 Å². The summed E-state index contributed by atoms with van der Waals surface area (Å²) in [6.07, 6.45) is 1.42. The molecular weight excluding hydrogens is 156 g/mol. The van der Waals surface area contributed by atoms with Gasteiger partial charge in [0.15, 0.2) is 0 Å². The van der Waals surface area contributed by atoms with Gasteiger partial charge in [-0.05, 0) is 5.18 Å². The highest BCUT2D eigenvalue weighted by atomic mass is 16.3. The molecule has 0 unspecified atom stereocenters. The summed E-state index contributed by atoms with van der Waals surface area (Å²) in [5.41, 5.74) is 0.987. The molecular formula is C7H10N4O. The molecule has 0 radical (unpaired) electrons. The van der Waals surface area contributed by atoms with Crippen molar-refractivity contribution in [3.05, 3.63) is 17.2 Å². The second-order valence-corrected chi connectivity index (χ2v) is 2.18. The Morgan fingerprint density at radius 2 is 2.17 bits per heavy atom. The molecule has 2 N–H and O–H groups in total. The monoisotopic (exact) mass is 166 g/mol. The minimum absolute atomic E-state index is 0.316. The number of rotatable bonds is 3. The van der Waals surface area contributed by atoms with E-state index in [0.29, 0.717) is 17.2 Å². The van der Waals surface area contributed by atoms with Gasteiger partial charge in [-0.15, -0.1) is 4.91 Å². The zero-order valence-electron chi connectivity index (χ0n) is 6.96. The molecule has 0 aliphatic carbocycles. The summed E-state index contributed by atoms with van der Waals surface area (Å²) in [7, 11) is 3.49. The highest BCUT2D eigenvalue weighted by Gasteiger charge is 2.01. The van der Waals surface area contributed by atoms with Gasteiger partial charge >= 0.3 is 0 Å². The third-order valence-corrected chi connectivity index (χ3v) is 1.51. The quantitative estimate of drug-likeness (QED) is 0.669. The number of hydrogen-bond acceptors (Lipinski definition) is 5. The standard InChI is InChI=1S/C7H10N4O/c1-8-5-3-7(9-2)10-4-6(5)11-12/h3-4H,1-2H3,(H2,8,9,10). The molecule has 0 fully saturated rings. The van der Waals surface area contributed by atoms with E-state index in [9.17, 15) is 4.91 Å².